The summed E-state index contributed by atoms with van der Waals surface area (Å²) in [5, 5.41) is 7.40. The van der Waals surface area contributed by atoms with Crippen molar-refractivity contribution in [2.24, 2.45) is 5.41 Å². The van der Waals surface area contributed by atoms with Crippen molar-refractivity contribution < 1.29 is 9.59 Å². The van der Waals surface area contributed by atoms with E-state index in [9.17, 15) is 14.4 Å². The zero-order valence-corrected chi connectivity index (χ0v) is 15.7. The molecule has 1 heterocycles. The fourth-order valence-corrected chi connectivity index (χ4v) is 2.83. The normalized spacial score (nSPS) is 11.2. The number of hydrogen-bond acceptors (Lipinski definition) is 4. The number of aromatic nitrogens is 1. The van der Waals surface area contributed by atoms with E-state index in [-0.39, 0.29) is 23.1 Å². The van der Waals surface area contributed by atoms with E-state index in [1.807, 2.05) is 27.7 Å². The SMILES string of the molecule is Cc1csc(=O)n1CCC(=O)Nc1ccc(NC(=O)C(C)(C)C)cc1. The molecule has 134 valence electrons. The summed E-state index contributed by atoms with van der Waals surface area (Å²) in [4.78, 5) is 35.5. The molecule has 0 saturated heterocycles. The van der Waals surface area contributed by atoms with Crippen LogP contribution in [0.1, 0.15) is 32.9 Å². The molecule has 2 rings (SSSR count). The van der Waals surface area contributed by atoms with Crippen LogP contribution in [0.25, 0.3) is 0 Å². The number of thiazole rings is 1. The molecule has 0 spiro atoms. The second-order valence-corrected chi connectivity index (χ2v) is 7.69. The summed E-state index contributed by atoms with van der Waals surface area (Å²) in [5.41, 5.74) is 1.72. The molecule has 0 aliphatic rings. The Balaban J connectivity index is 1.89. The molecule has 0 aliphatic carbocycles. The van der Waals surface area contributed by atoms with Gasteiger partial charge in [0.1, 0.15) is 0 Å². The maximum Gasteiger partial charge on any atom is 0.307 e. The van der Waals surface area contributed by atoms with Gasteiger partial charge in [0.25, 0.3) is 0 Å². The molecule has 0 atom stereocenters. The van der Waals surface area contributed by atoms with Gasteiger partial charge in [0.05, 0.1) is 0 Å². The molecule has 1 aromatic heterocycles. The number of carbonyl (C=O) groups excluding carboxylic acids is 2. The van der Waals surface area contributed by atoms with Crippen molar-refractivity contribution in [3.05, 3.63) is 45.0 Å². The molecule has 6 nitrogen and oxygen atoms in total. The number of amides is 2. The minimum Gasteiger partial charge on any atom is -0.326 e. The van der Waals surface area contributed by atoms with Crippen LogP contribution in [0.5, 0.6) is 0 Å². The lowest BCUT2D eigenvalue weighted by Crippen LogP contribution is -2.27. The van der Waals surface area contributed by atoms with Crippen molar-refractivity contribution in [1.29, 1.82) is 0 Å². The van der Waals surface area contributed by atoms with Crippen LogP contribution in [0.2, 0.25) is 0 Å². The fourth-order valence-electron chi connectivity index (χ4n) is 2.07. The Morgan fingerprint density at radius 1 is 1.08 bits per heavy atom. The zero-order chi connectivity index (χ0) is 18.6. The average molecular weight is 361 g/mol. The third-order valence-electron chi connectivity index (χ3n) is 3.65. The third kappa shape index (κ3) is 5.29. The van der Waals surface area contributed by atoms with Crippen molar-refractivity contribution in [3.8, 4) is 0 Å². The molecule has 2 N–H and O–H groups in total. The lowest BCUT2D eigenvalue weighted by atomic mass is 9.95. The quantitative estimate of drug-likeness (QED) is 0.858. The number of carbonyl (C=O) groups is 2. The first-order chi connectivity index (χ1) is 11.7. The van der Waals surface area contributed by atoms with E-state index >= 15 is 0 Å². The minimum absolute atomic E-state index is 0.0516. The highest BCUT2D eigenvalue weighted by Crippen LogP contribution is 2.19. The molecular weight excluding hydrogens is 338 g/mol. The van der Waals surface area contributed by atoms with Crippen LogP contribution in [0.15, 0.2) is 34.4 Å². The largest absolute Gasteiger partial charge is 0.326 e. The molecule has 0 saturated carbocycles. The van der Waals surface area contributed by atoms with Crippen LogP contribution < -0.4 is 15.5 Å². The monoisotopic (exact) mass is 361 g/mol. The van der Waals surface area contributed by atoms with Gasteiger partial charge in [-0.15, -0.1) is 0 Å². The van der Waals surface area contributed by atoms with Crippen molar-refractivity contribution >= 4 is 34.5 Å². The number of benzene rings is 1. The lowest BCUT2D eigenvalue weighted by molar-refractivity contribution is -0.123. The number of hydrogen-bond donors (Lipinski definition) is 2. The van der Waals surface area contributed by atoms with E-state index in [2.05, 4.69) is 10.6 Å². The summed E-state index contributed by atoms with van der Waals surface area (Å²) < 4.78 is 1.59. The van der Waals surface area contributed by atoms with Gasteiger partial charge >= 0.3 is 4.87 Å². The minimum atomic E-state index is -0.468. The van der Waals surface area contributed by atoms with E-state index < -0.39 is 5.41 Å². The van der Waals surface area contributed by atoms with E-state index in [1.54, 1.807) is 34.2 Å². The van der Waals surface area contributed by atoms with Crippen molar-refractivity contribution in [2.75, 3.05) is 10.6 Å². The van der Waals surface area contributed by atoms with Crippen LogP contribution in [-0.2, 0) is 16.1 Å². The first-order valence-corrected chi connectivity index (χ1v) is 8.91. The number of aryl methyl sites for hydroxylation is 1. The summed E-state index contributed by atoms with van der Waals surface area (Å²) in [7, 11) is 0. The number of anilines is 2. The van der Waals surface area contributed by atoms with Crippen LogP contribution in [-0.4, -0.2) is 16.4 Å². The van der Waals surface area contributed by atoms with Crippen LogP contribution in [0.4, 0.5) is 11.4 Å². The fraction of sp³-hybridized carbons (Fsp3) is 0.389. The summed E-state index contributed by atoms with van der Waals surface area (Å²) in [6.45, 7) is 7.74. The highest BCUT2D eigenvalue weighted by Gasteiger charge is 2.21. The van der Waals surface area contributed by atoms with Gasteiger partial charge in [-0.2, -0.15) is 0 Å². The Hall–Kier alpha value is -2.41. The second-order valence-electron chi connectivity index (χ2n) is 6.87. The Morgan fingerprint density at radius 2 is 1.64 bits per heavy atom. The van der Waals surface area contributed by atoms with Gasteiger partial charge in [0.2, 0.25) is 11.8 Å². The van der Waals surface area contributed by atoms with Gasteiger partial charge in [-0.1, -0.05) is 32.1 Å². The highest BCUT2D eigenvalue weighted by molar-refractivity contribution is 7.07. The Kier molecular flexibility index (Phi) is 5.79. The predicted octanol–water partition coefficient (Wildman–Crippen LogP) is 3.23. The van der Waals surface area contributed by atoms with Gasteiger partial charge in [0.15, 0.2) is 0 Å². The molecule has 7 heteroatoms. The molecule has 0 unspecified atom stereocenters. The van der Waals surface area contributed by atoms with Crippen molar-refractivity contribution in [2.45, 2.75) is 40.7 Å². The van der Waals surface area contributed by atoms with E-state index in [4.69, 9.17) is 0 Å². The maximum absolute atomic E-state index is 12.0. The average Bonchev–Trinajstić information content (AvgIpc) is 2.85. The van der Waals surface area contributed by atoms with Gasteiger partial charge < -0.3 is 15.2 Å². The molecule has 0 radical (unpaired) electrons. The summed E-state index contributed by atoms with van der Waals surface area (Å²) in [6, 6.07) is 6.95. The zero-order valence-electron chi connectivity index (χ0n) is 14.9. The highest BCUT2D eigenvalue weighted by atomic mass is 32.1. The van der Waals surface area contributed by atoms with Crippen molar-refractivity contribution in [1.82, 2.24) is 4.57 Å². The molecule has 0 fully saturated rings. The molecule has 1 aromatic carbocycles. The molecule has 25 heavy (non-hydrogen) atoms. The van der Waals surface area contributed by atoms with Gasteiger partial charge in [-0.25, -0.2) is 0 Å². The number of rotatable bonds is 5. The molecule has 0 bridgehead atoms. The topological polar surface area (TPSA) is 80.2 Å². The molecule has 2 aromatic rings. The van der Waals surface area contributed by atoms with Crippen LogP contribution in [0, 0.1) is 12.3 Å². The summed E-state index contributed by atoms with van der Waals surface area (Å²) in [6.07, 6.45) is 0.222. The predicted molar refractivity (Wildman–Crippen MR) is 101 cm³/mol. The summed E-state index contributed by atoms with van der Waals surface area (Å²) >= 11 is 1.14. The Morgan fingerprint density at radius 3 is 2.12 bits per heavy atom. The lowest BCUT2D eigenvalue weighted by Gasteiger charge is -2.17. The standard InChI is InChI=1S/C18H23N3O3S/c1-12-11-25-17(24)21(12)10-9-15(22)19-13-5-7-14(8-6-13)20-16(23)18(2,3)4/h5-8,11H,9-10H2,1-4H3,(H,19,22)(H,20,23). The van der Waals surface area contributed by atoms with E-state index in [1.165, 1.54) is 0 Å². The van der Waals surface area contributed by atoms with Crippen molar-refractivity contribution in [3.63, 3.8) is 0 Å². The third-order valence-corrected chi connectivity index (χ3v) is 4.53. The van der Waals surface area contributed by atoms with Gasteiger partial charge in [0, 0.05) is 40.8 Å². The first-order valence-electron chi connectivity index (χ1n) is 8.03. The molecular formula is C18H23N3O3S. The maximum atomic E-state index is 12.0. The molecule has 2 amide bonds. The van der Waals surface area contributed by atoms with E-state index in [0.29, 0.717) is 17.9 Å². The second kappa shape index (κ2) is 7.65. The first kappa shape index (κ1) is 18.9. The number of nitrogens with one attached hydrogen (secondary N) is 2. The van der Waals surface area contributed by atoms with E-state index in [0.717, 1.165) is 17.0 Å². The Labute approximate surface area is 150 Å². The molecule has 0 aliphatic heterocycles. The summed E-state index contributed by atoms with van der Waals surface area (Å²) in [5.74, 6) is -0.232. The smallest absolute Gasteiger partial charge is 0.307 e. The Bertz CT molecular complexity index is 813. The number of nitrogens with zero attached hydrogens (tertiary/aromatic N) is 1. The van der Waals surface area contributed by atoms with Crippen LogP contribution >= 0.6 is 11.3 Å². The van der Waals surface area contributed by atoms with Crippen LogP contribution in [0.3, 0.4) is 0 Å². The van der Waals surface area contributed by atoms with Gasteiger partial charge in [-0.05, 0) is 31.2 Å². The van der Waals surface area contributed by atoms with Gasteiger partial charge in [-0.3, -0.25) is 14.4 Å².